The molecule has 2 rings (SSSR count). The molecule has 154 valence electrons. The second-order valence-corrected chi connectivity index (χ2v) is 7.06. The summed E-state index contributed by atoms with van der Waals surface area (Å²) in [5.74, 6) is 3.16. The summed E-state index contributed by atoms with van der Waals surface area (Å²) in [7, 11) is 1.69. The summed E-state index contributed by atoms with van der Waals surface area (Å²) in [4.78, 5) is 4.69. The molecule has 0 bridgehead atoms. The van der Waals surface area contributed by atoms with Crippen molar-refractivity contribution in [3.63, 3.8) is 0 Å². The third-order valence-corrected chi connectivity index (χ3v) is 4.93. The Bertz CT molecular complexity index is 718. The second kappa shape index (κ2) is 11.4. The average Bonchev–Trinajstić information content (AvgIpc) is 3.02. The van der Waals surface area contributed by atoms with E-state index in [0.29, 0.717) is 5.92 Å². The topological polar surface area (TPSA) is 71.7 Å². The number of hydrogen-bond acceptors (Lipinski definition) is 4. The molecule has 0 aliphatic carbocycles. The maximum absolute atomic E-state index is 5.23. The lowest BCUT2D eigenvalue weighted by Gasteiger charge is -2.15. The van der Waals surface area contributed by atoms with E-state index in [1.54, 1.807) is 7.11 Å². The lowest BCUT2D eigenvalue weighted by molar-refractivity contribution is 0.392. The van der Waals surface area contributed by atoms with Gasteiger partial charge in [-0.15, -0.1) is 0 Å². The van der Waals surface area contributed by atoms with E-state index < -0.39 is 0 Å². The van der Waals surface area contributed by atoms with E-state index in [0.717, 1.165) is 62.1 Å². The number of rotatable bonds is 10. The molecule has 2 N–H and O–H groups in total. The molecule has 1 aromatic carbocycles. The predicted molar refractivity (Wildman–Crippen MR) is 114 cm³/mol. The van der Waals surface area contributed by atoms with Crippen molar-refractivity contribution in [2.24, 2.45) is 4.99 Å². The minimum atomic E-state index is 0.473. The fourth-order valence-corrected chi connectivity index (χ4v) is 3.15. The zero-order valence-electron chi connectivity index (χ0n) is 17.8. The zero-order valence-corrected chi connectivity index (χ0v) is 17.8. The minimum absolute atomic E-state index is 0.473. The van der Waals surface area contributed by atoms with Gasteiger partial charge in [-0.1, -0.05) is 24.2 Å². The summed E-state index contributed by atoms with van der Waals surface area (Å²) in [5, 5.41) is 10.8. The molecule has 1 unspecified atom stereocenters. The fraction of sp³-hybridized carbons (Fsp3) is 0.545. The van der Waals surface area contributed by atoms with Crippen LogP contribution in [0.1, 0.15) is 55.2 Å². The van der Waals surface area contributed by atoms with Gasteiger partial charge in [0.15, 0.2) is 5.96 Å². The van der Waals surface area contributed by atoms with Crippen LogP contribution >= 0.6 is 0 Å². The SMILES string of the molecule is CCNC(=NCCCc1c(C)noc1C)NCCC(C)c1ccc(OC)cc1. The summed E-state index contributed by atoms with van der Waals surface area (Å²) in [6.45, 7) is 10.8. The molecule has 0 radical (unpaired) electrons. The van der Waals surface area contributed by atoms with Gasteiger partial charge in [-0.3, -0.25) is 4.99 Å². The monoisotopic (exact) mass is 386 g/mol. The van der Waals surface area contributed by atoms with Gasteiger partial charge in [0, 0.05) is 25.2 Å². The molecule has 0 saturated carbocycles. The van der Waals surface area contributed by atoms with Crippen LogP contribution in [0.25, 0.3) is 0 Å². The molecule has 1 atom stereocenters. The summed E-state index contributed by atoms with van der Waals surface area (Å²) in [6.07, 6.45) is 2.95. The van der Waals surface area contributed by atoms with Gasteiger partial charge in [-0.2, -0.15) is 0 Å². The quantitative estimate of drug-likeness (QED) is 0.367. The van der Waals surface area contributed by atoms with E-state index in [1.165, 1.54) is 11.1 Å². The Morgan fingerprint density at radius 1 is 1.21 bits per heavy atom. The Morgan fingerprint density at radius 3 is 2.57 bits per heavy atom. The predicted octanol–water partition coefficient (Wildman–Crippen LogP) is 3.98. The largest absolute Gasteiger partial charge is 0.497 e. The molecule has 0 fully saturated rings. The second-order valence-electron chi connectivity index (χ2n) is 7.06. The van der Waals surface area contributed by atoms with Gasteiger partial charge in [0.05, 0.1) is 12.8 Å². The van der Waals surface area contributed by atoms with Gasteiger partial charge in [0.1, 0.15) is 11.5 Å². The highest BCUT2D eigenvalue weighted by atomic mass is 16.5. The molecule has 0 saturated heterocycles. The van der Waals surface area contributed by atoms with Gasteiger partial charge in [0.2, 0.25) is 0 Å². The van der Waals surface area contributed by atoms with Crippen molar-refractivity contribution in [3.8, 4) is 5.75 Å². The number of methoxy groups -OCH3 is 1. The van der Waals surface area contributed by atoms with Crippen molar-refractivity contribution in [2.45, 2.75) is 52.9 Å². The fourth-order valence-electron chi connectivity index (χ4n) is 3.15. The van der Waals surface area contributed by atoms with Crippen LogP contribution in [0.4, 0.5) is 0 Å². The van der Waals surface area contributed by atoms with Crippen LogP contribution in [0.3, 0.4) is 0 Å². The van der Waals surface area contributed by atoms with Crippen LogP contribution in [-0.2, 0) is 6.42 Å². The van der Waals surface area contributed by atoms with Gasteiger partial charge < -0.3 is 19.9 Å². The molecule has 0 amide bonds. The van der Waals surface area contributed by atoms with Crippen LogP contribution in [0.2, 0.25) is 0 Å². The van der Waals surface area contributed by atoms with Crippen molar-refractivity contribution >= 4 is 5.96 Å². The van der Waals surface area contributed by atoms with Crippen molar-refractivity contribution in [1.29, 1.82) is 0 Å². The molecule has 28 heavy (non-hydrogen) atoms. The first kappa shape index (κ1) is 21.8. The third-order valence-electron chi connectivity index (χ3n) is 4.93. The molecule has 1 aromatic heterocycles. The van der Waals surface area contributed by atoms with Crippen molar-refractivity contribution in [3.05, 3.63) is 46.8 Å². The van der Waals surface area contributed by atoms with Crippen LogP contribution in [0.5, 0.6) is 5.75 Å². The van der Waals surface area contributed by atoms with E-state index in [-0.39, 0.29) is 0 Å². The molecule has 1 heterocycles. The first-order valence-corrected chi connectivity index (χ1v) is 10.1. The van der Waals surface area contributed by atoms with Crippen LogP contribution in [0.15, 0.2) is 33.8 Å². The highest BCUT2D eigenvalue weighted by molar-refractivity contribution is 5.79. The van der Waals surface area contributed by atoms with Gasteiger partial charge in [-0.25, -0.2) is 0 Å². The summed E-state index contributed by atoms with van der Waals surface area (Å²) < 4.78 is 10.4. The van der Waals surface area contributed by atoms with Crippen LogP contribution in [-0.4, -0.2) is 37.9 Å². The molecular weight excluding hydrogens is 352 g/mol. The lowest BCUT2D eigenvalue weighted by atomic mass is 9.98. The first-order valence-electron chi connectivity index (χ1n) is 10.1. The van der Waals surface area contributed by atoms with E-state index in [1.807, 2.05) is 26.0 Å². The molecule has 6 nitrogen and oxygen atoms in total. The highest BCUT2D eigenvalue weighted by Gasteiger charge is 2.09. The van der Waals surface area contributed by atoms with E-state index in [4.69, 9.17) is 14.3 Å². The van der Waals surface area contributed by atoms with Crippen molar-refractivity contribution < 1.29 is 9.26 Å². The van der Waals surface area contributed by atoms with Gasteiger partial charge in [0.25, 0.3) is 0 Å². The molecule has 2 aromatic rings. The van der Waals surface area contributed by atoms with E-state index in [2.05, 4.69) is 41.8 Å². The molecule has 0 spiro atoms. The smallest absolute Gasteiger partial charge is 0.191 e. The van der Waals surface area contributed by atoms with Crippen LogP contribution in [0, 0.1) is 13.8 Å². The Hall–Kier alpha value is -2.50. The number of aromatic nitrogens is 1. The first-order chi connectivity index (χ1) is 13.5. The minimum Gasteiger partial charge on any atom is -0.497 e. The summed E-state index contributed by atoms with van der Waals surface area (Å²) >= 11 is 0. The van der Waals surface area contributed by atoms with Crippen LogP contribution < -0.4 is 15.4 Å². The number of nitrogens with zero attached hydrogens (tertiary/aromatic N) is 2. The molecular formula is C22H34N4O2. The van der Waals surface area contributed by atoms with Gasteiger partial charge in [-0.05, 0) is 63.6 Å². The van der Waals surface area contributed by atoms with E-state index in [9.17, 15) is 0 Å². The zero-order chi connectivity index (χ0) is 20.4. The Labute approximate surface area is 168 Å². The molecule has 0 aliphatic rings. The molecule has 0 aliphatic heterocycles. The third kappa shape index (κ3) is 6.59. The number of aryl methyl sites for hydroxylation is 2. The number of nitrogens with one attached hydrogen (secondary N) is 2. The maximum atomic E-state index is 5.23. The number of guanidine groups is 1. The normalized spacial score (nSPS) is 12.7. The average molecular weight is 387 g/mol. The molecule has 6 heteroatoms. The maximum Gasteiger partial charge on any atom is 0.191 e. The van der Waals surface area contributed by atoms with E-state index >= 15 is 0 Å². The highest BCUT2D eigenvalue weighted by Crippen LogP contribution is 2.21. The number of hydrogen-bond donors (Lipinski definition) is 2. The van der Waals surface area contributed by atoms with Crippen molar-refractivity contribution in [1.82, 2.24) is 15.8 Å². The number of ether oxygens (including phenoxy) is 1. The van der Waals surface area contributed by atoms with Crippen molar-refractivity contribution in [2.75, 3.05) is 26.7 Å². The summed E-state index contributed by atoms with van der Waals surface area (Å²) in [6, 6.07) is 8.31. The number of benzene rings is 1. The standard InChI is InChI=1S/C22H34N4O2/c1-6-23-22(24-14-7-8-21-17(3)26-28-18(21)4)25-15-13-16(2)19-9-11-20(27-5)12-10-19/h9-12,16H,6-8,13-15H2,1-5H3,(H2,23,24,25). The Kier molecular flexibility index (Phi) is 8.85. The summed E-state index contributed by atoms with van der Waals surface area (Å²) in [5.41, 5.74) is 3.52. The Morgan fingerprint density at radius 2 is 1.96 bits per heavy atom. The van der Waals surface area contributed by atoms with Gasteiger partial charge >= 0.3 is 0 Å². The Balaban J connectivity index is 1.77. The number of aliphatic imine (C=N–C) groups is 1. The lowest BCUT2D eigenvalue weighted by Crippen LogP contribution is -2.38.